The molecule has 88 valence electrons. The average molecular weight is 248 g/mol. The molecule has 0 bridgehead atoms. The van der Waals surface area contributed by atoms with E-state index >= 15 is 0 Å². The van der Waals surface area contributed by atoms with E-state index in [2.05, 4.69) is 5.73 Å². The quantitative estimate of drug-likeness (QED) is 0.726. The van der Waals surface area contributed by atoms with Crippen molar-refractivity contribution in [2.45, 2.75) is 18.4 Å². The van der Waals surface area contributed by atoms with E-state index in [1.165, 1.54) is 0 Å². The lowest BCUT2D eigenvalue weighted by Crippen LogP contribution is -2.50. The second-order valence-corrected chi connectivity index (χ2v) is 2.41. The van der Waals surface area contributed by atoms with Crippen LogP contribution in [0.15, 0.2) is 0 Å². The van der Waals surface area contributed by atoms with Crippen LogP contribution in [-0.4, -0.2) is 30.1 Å². The van der Waals surface area contributed by atoms with Crippen LogP contribution in [0.5, 0.6) is 0 Å². The van der Waals surface area contributed by atoms with Gasteiger partial charge in [0.2, 0.25) is 0 Å². The Morgan fingerprint density at radius 3 is 1.36 bits per heavy atom. The molecule has 0 saturated carbocycles. The summed E-state index contributed by atoms with van der Waals surface area (Å²) in [6.45, 7) is -1.37. The van der Waals surface area contributed by atoms with Gasteiger partial charge in [-0.3, -0.25) is 0 Å². The molecule has 0 aromatic carbocycles. The van der Waals surface area contributed by atoms with Crippen molar-refractivity contribution in [3.8, 4) is 0 Å². The van der Waals surface area contributed by atoms with Gasteiger partial charge in [0.05, 0.1) is 6.61 Å². The lowest BCUT2D eigenvalue weighted by molar-refractivity contribution is -0.291. The van der Waals surface area contributed by atoms with Gasteiger partial charge in [0.15, 0.2) is 5.92 Å². The summed E-state index contributed by atoms with van der Waals surface area (Å²) in [5.74, 6) is -3.68. The first kappa shape index (κ1) is 16.2. The van der Waals surface area contributed by atoms with E-state index in [4.69, 9.17) is 5.11 Å². The maximum Gasteiger partial charge on any atom is 0.402 e. The maximum atomic E-state index is 11.7. The lowest BCUT2D eigenvalue weighted by Gasteiger charge is -2.26. The summed E-state index contributed by atoms with van der Waals surface area (Å²) in [5.41, 5.74) is 4.50. The van der Waals surface area contributed by atoms with Crippen LogP contribution >= 0.6 is 12.4 Å². The highest BCUT2D eigenvalue weighted by Crippen LogP contribution is 2.40. The van der Waals surface area contributed by atoms with Gasteiger partial charge in [-0.15, -0.1) is 12.4 Å². The van der Waals surface area contributed by atoms with Crippen LogP contribution in [0.4, 0.5) is 26.3 Å². The molecule has 0 aliphatic carbocycles. The van der Waals surface area contributed by atoms with E-state index in [0.29, 0.717) is 0 Å². The summed E-state index contributed by atoms with van der Waals surface area (Å²) in [6.07, 6.45) is -11.0. The number of nitrogens with two attached hydrogens (primary N) is 1. The number of rotatable bonds is 2. The van der Waals surface area contributed by atoms with Gasteiger partial charge < -0.3 is 10.8 Å². The molecular weight excluding hydrogens is 240 g/mol. The molecule has 0 aromatic rings. The fourth-order valence-corrected chi connectivity index (χ4v) is 0.776. The first-order chi connectivity index (χ1) is 5.60. The van der Waals surface area contributed by atoms with Gasteiger partial charge in [-0.05, 0) is 0 Å². The van der Waals surface area contributed by atoms with Gasteiger partial charge in [0, 0.05) is 6.04 Å². The highest BCUT2D eigenvalue weighted by atomic mass is 35.5. The average Bonchev–Trinajstić information content (AvgIpc) is 1.80. The number of aliphatic hydroxyl groups is 1. The monoisotopic (exact) mass is 247 g/mol. The Balaban J connectivity index is 0. The fourth-order valence-electron chi connectivity index (χ4n) is 0.776. The molecule has 0 amide bonds. The normalized spacial score (nSPS) is 15.2. The molecular formula is C5H8ClF6NO. The predicted molar refractivity (Wildman–Crippen MR) is 37.9 cm³/mol. The zero-order chi connectivity index (χ0) is 10.9. The Morgan fingerprint density at radius 2 is 1.29 bits per heavy atom. The van der Waals surface area contributed by atoms with Crippen LogP contribution in [0, 0.1) is 5.92 Å². The molecule has 9 heteroatoms. The molecule has 0 aliphatic rings. The number of hydrogen-bond donors (Lipinski definition) is 2. The number of aliphatic hydroxyl groups excluding tert-OH is 1. The van der Waals surface area contributed by atoms with Crippen LogP contribution in [-0.2, 0) is 0 Å². The minimum absolute atomic E-state index is 0. The van der Waals surface area contributed by atoms with Crippen molar-refractivity contribution in [3.63, 3.8) is 0 Å². The summed E-state index contributed by atoms with van der Waals surface area (Å²) in [4.78, 5) is 0. The van der Waals surface area contributed by atoms with Crippen LogP contribution in [0.1, 0.15) is 0 Å². The van der Waals surface area contributed by atoms with Crippen molar-refractivity contribution in [1.29, 1.82) is 0 Å². The summed E-state index contributed by atoms with van der Waals surface area (Å²) in [5, 5.41) is 8.11. The van der Waals surface area contributed by atoms with E-state index in [-0.39, 0.29) is 12.4 Å². The Bertz CT molecular complexity index is 155. The van der Waals surface area contributed by atoms with Crippen molar-refractivity contribution < 1.29 is 31.4 Å². The summed E-state index contributed by atoms with van der Waals surface area (Å²) in [6, 6.07) is -2.38. The third-order valence-electron chi connectivity index (χ3n) is 1.34. The number of alkyl halides is 6. The first-order valence-electron chi connectivity index (χ1n) is 3.10. The molecule has 3 N–H and O–H groups in total. The van der Waals surface area contributed by atoms with E-state index in [9.17, 15) is 26.3 Å². The van der Waals surface area contributed by atoms with Crippen molar-refractivity contribution in [3.05, 3.63) is 0 Å². The standard InChI is InChI=1S/C5H7F6NO.ClH/c6-4(7,8)3(2(12)1-13)5(9,10)11;/h2-3,13H,1,12H2;1H/t2-;/m1./s1. The molecule has 0 rings (SSSR count). The highest BCUT2D eigenvalue weighted by molar-refractivity contribution is 5.85. The highest BCUT2D eigenvalue weighted by Gasteiger charge is 2.59. The Kier molecular flexibility index (Phi) is 5.84. The summed E-state index contributed by atoms with van der Waals surface area (Å²) >= 11 is 0. The number of halogens is 7. The van der Waals surface area contributed by atoms with Crippen molar-refractivity contribution in [2.75, 3.05) is 6.61 Å². The molecule has 0 heterocycles. The van der Waals surface area contributed by atoms with Crippen LogP contribution in [0.25, 0.3) is 0 Å². The zero-order valence-electron chi connectivity index (χ0n) is 6.56. The van der Waals surface area contributed by atoms with Gasteiger partial charge in [0.1, 0.15) is 0 Å². The van der Waals surface area contributed by atoms with Gasteiger partial charge in [-0.2, -0.15) is 26.3 Å². The molecule has 1 atom stereocenters. The van der Waals surface area contributed by atoms with E-state index in [1.54, 1.807) is 0 Å². The predicted octanol–water partition coefficient (Wildman–Crippen LogP) is 1.47. The van der Waals surface area contributed by atoms with Crippen LogP contribution in [0.3, 0.4) is 0 Å². The van der Waals surface area contributed by atoms with Crippen LogP contribution < -0.4 is 5.73 Å². The number of hydrogen-bond acceptors (Lipinski definition) is 2. The SMILES string of the molecule is Cl.N[C@H](CO)C(C(F)(F)F)C(F)(F)F. The van der Waals surface area contributed by atoms with E-state index in [1.807, 2.05) is 0 Å². The molecule has 0 saturated heterocycles. The van der Waals surface area contributed by atoms with Gasteiger partial charge >= 0.3 is 12.4 Å². The maximum absolute atomic E-state index is 11.7. The molecule has 0 aliphatic heterocycles. The van der Waals surface area contributed by atoms with Crippen molar-refractivity contribution in [1.82, 2.24) is 0 Å². The molecule has 14 heavy (non-hydrogen) atoms. The van der Waals surface area contributed by atoms with Crippen LogP contribution in [0.2, 0.25) is 0 Å². The second-order valence-electron chi connectivity index (χ2n) is 2.41. The third-order valence-corrected chi connectivity index (χ3v) is 1.34. The summed E-state index contributed by atoms with van der Waals surface area (Å²) in [7, 11) is 0. The molecule has 0 spiro atoms. The molecule has 0 fully saturated rings. The molecule has 2 nitrogen and oxygen atoms in total. The Hall–Kier alpha value is -0.210. The minimum Gasteiger partial charge on any atom is -0.395 e. The van der Waals surface area contributed by atoms with E-state index < -0.39 is 30.9 Å². The molecule has 0 radical (unpaired) electrons. The fraction of sp³-hybridized carbons (Fsp3) is 1.00. The second kappa shape index (κ2) is 5.04. The van der Waals surface area contributed by atoms with Gasteiger partial charge in [-0.1, -0.05) is 0 Å². The van der Waals surface area contributed by atoms with Crippen molar-refractivity contribution >= 4 is 12.4 Å². The smallest absolute Gasteiger partial charge is 0.395 e. The summed E-state index contributed by atoms with van der Waals surface area (Å²) < 4.78 is 70.5. The van der Waals surface area contributed by atoms with Crippen molar-refractivity contribution in [2.24, 2.45) is 11.7 Å². The zero-order valence-corrected chi connectivity index (χ0v) is 7.38. The molecule has 0 aromatic heterocycles. The first-order valence-corrected chi connectivity index (χ1v) is 3.10. The molecule has 0 unspecified atom stereocenters. The van der Waals surface area contributed by atoms with Gasteiger partial charge in [0.25, 0.3) is 0 Å². The lowest BCUT2D eigenvalue weighted by atomic mass is 10.0. The van der Waals surface area contributed by atoms with Gasteiger partial charge in [-0.25, -0.2) is 0 Å². The topological polar surface area (TPSA) is 46.2 Å². The largest absolute Gasteiger partial charge is 0.402 e. The minimum atomic E-state index is -5.49. The Morgan fingerprint density at radius 1 is 1.00 bits per heavy atom. The van der Waals surface area contributed by atoms with E-state index in [0.717, 1.165) is 0 Å². The Labute approximate surface area is 81.5 Å². The third kappa shape index (κ3) is 4.34.